The highest BCUT2D eigenvalue weighted by molar-refractivity contribution is 5.91. The van der Waals surface area contributed by atoms with Gasteiger partial charge in [0.1, 0.15) is 5.52 Å². The highest BCUT2D eigenvalue weighted by Crippen LogP contribution is 2.32. The van der Waals surface area contributed by atoms with Crippen molar-refractivity contribution in [2.45, 2.75) is 26.1 Å². The average Bonchev–Trinajstić information content (AvgIpc) is 3.51. The van der Waals surface area contributed by atoms with Crippen molar-refractivity contribution in [2.24, 2.45) is 0 Å². The van der Waals surface area contributed by atoms with Gasteiger partial charge in [-0.3, -0.25) is 9.78 Å². The minimum atomic E-state index is -4.36. The number of hydrogen-bond acceptors (Lipinski definition) is 4. The van der Waals surface area contributed by atoms with Gasteiger partial charge in [0, 0.05) is 34.8 Å². The fourth-order valence-corrected chi connectivity index (χ4v) is 3.64. The third-order valence-corrected chi connectivity index (χ3v) is 5.52. The molecule has 2 N–H and O–H groups in total. The van der Waals surface area contributed by atoms with Crippen molar-refractivity contribution in [1.29, 1.82) is 0 Å². The Morgan fingerprint density at radius 2 is 1.81 bits per heavy atom. The predicted molar refractivity (Wildman–Crippen MR) is 113 cm³/mol. The molecule has 162 valence electrons. The minimum absolute atomic E-state index is 0.244. The van der Waals surface area contributed by atoms with E-state index < -0.39 is 11.7 Å². The Hall–Kier alpha value is -3.95. The normalized spacial score (nSPS) is 13.0. The molecule has 1 unspecified atom stereocenters. The largest absolute Gasteiger partial charge is 0.416 e. The Morgan fingerprint density at radius 3 is 2.50 bits per heavy atom. The summed E-state index contributed by atoms with van der Waals surface area (Å²) in [5.74, 6) is 0. The number of benzene rings is 1. The predicted octanol–water partition coefficient (Wildman–Crippen LogP) is 5.15. The lowest BCUT2D eigenvalue weighted by Crippen LogP contribution is -2.09. The molecule has 0 aliphatic heterocycles. The maximum Gasteiger partial charge on any atom is 0.416 e. The molecule has 5 rings (SSSR count). The smallest absolute Gasteiger partial charge is 0.344 e. The van der Waals surface area contributed by atoms with Gasteiger partial charge in [-0.1, -0.05) is 12.1 Å². The van der Waals surface area contributed by atoms with Gasteiger partial charge in [0.2, 0.25) is 0 Å². The van der Waals surface area contributed by atoms with Crippen molar-refractivity contribution >= 4 is 11.2 Å². The van der Waals surface area contributed by atoms with Gasteiger partial charge < -0.3 is 4.98 Å². The third kappa shape index (κ3) is 3.43. The van der Waals surface area contributed by atoms with E-state index in [0.717, 1.165) is 40.1 Å². The molecule has 1 atom stereocenters. The summed E-state index contributed by atoms with van der Waals surface area (Å²) < 4.78 is 40.2. The molecule has 7 nitrogen and oxygen atoms in total. The second-order valence-electron chi connectivity index (χ2n) is 7.57. The lowest BCUT2D eigenvalue weighted by atomic mass is 10.1. The van der Waals surface area contributed by atoms with Crippen LogP contribution in [0.1, 0.15) is 29.8 Å². The van der Waals surface area contributed by atoms with Crippen LogP contribution in [-0.4, -0.2) is 34.9 Å². The number of aryl methyl sites for hydroxylation is 1. The Labute approximate surface area is 180 Å². The van der Waals surface area contributed by atoms with Crippen molar-refractivity contribution in [2.75, 3.05) is 0 Å². The summed E-state index contributed by atoms with van der Waals surface area (Å²) in [6, 6.07) is 4.89. The monoisotopic (exact) mass is 437 g/mol. The number of halogens is 3. The quantitative estimate of drug-likeness (QED) is 0.407. The number of rotatable bonds is 4. The van der Waals surface area contributed by atoms with E-state index in [4.69, 9.17) is 4.98 Å². The van der Waals surface area contributed by atoms with Gasteiger partial charge in [-0.15, -0.1) is 0 Å². The zero-order chi connectivity index (χ0) is 22.5. The summed E-state index contributed by atoms with van der Waals surface area (Å²) in [4.78, 5) is 12.3. The molecule has 0 radical (unpaired) electrons. The molecule has 0 bridgehead atoms. The van der Waals surface area contributed by atoms with Gasteiger partial charge in [0.25, 0.3) is 0 Å². The summed E-state index contributed by atoms with van der Waals surface area (Å²) in [6.07, 6.45) is 4.42. The molecule has 0 fully saturated rings. The Kier molecular flexibility index (Phi) is 4.58. The van der Waals surface area contributed by atoms with Crippen LogP contribution in [-0.2, 0) is 6.18 Å². The maximum absolute atomic E-state index is 12.8. The summed E-state index contributed by atoms with van der Waals surface area (Å²) in [5.41, 5.74) is 5.53. The lowest BCUT2D eigenvalue weighted by molar-refractivity contribution is -0.137. The molecule has 0 aliphatic carbocycles. The van der Waals surface area contributed by atoms with E-state index in [1.54, 1.807) is 23.3 Å². The van der Waals surface area contributed by atoms with Crippen LogP contribution in [0, 0.1) is 6.92 Å². The van der Waals surface area contributed by atoms with Gasteiger partial charge in [-0.05, 0) is 31.5 Å². The standard InChI is InChI=1S/C22H18F3N7/c1-12-17(9-28-31-12)19-10-27-21-20(30-19)18(8-26-21)15-7-29-32(11-15)13(2)14-3-5-16(6-4-14)22(23,24)25/h3-11,13H,1-2H3,(H,26,27)(H,28,31). The molecule has 1 aromatic carbocycles. The number of nitrogens with zero attached hydrogens (tertiary/aromatic N) is 5. The van der Waals surface area contributed by atoms with Gasteiger partial charge in [0.05, 0.1) is 35.9 Å². The first-order chi connectivity index (χ1) is 15.3. The first-order valence-corrected chi connectivity index (χ1v) is 9.87. The van der Waals surface area contributed by atoms with Crippen LogP contribution < -0.4 is 0 Å². The van der Waals surface area contributed by atoms with Crippen molar-refractivity contribution in [3.8, 4) is 22.4 Å². The van der Waals surface area contributed by atoms with Crippen molar-refractivity contribution in [3.05, 3.63) is 72.1 Å². The second kappa shape index (κ2) is 7.33. The van der Waals surface area contributed by atoms with Crippen LogP contribution in [0.15, 0.2) is 55.2 Å². The summed E-state index contributed by atoms with van der Waals surface area (Å²) in [5, 5.41) is 11.4. The van der Waals surface area contributed by atoms with E-state index in [2.05, 4.69) is 25.3 Å². The van der Waals surface area contributed by atoms with E-state index in [0.29, 0.717) is 16.9 Å². The van der Waals surface area contributed by atoms with E-state index in [1.807, 2.05) is 26.2 Å². The Bertz CT molecular complexity index is 1390. The Balaban J connectivity index is 1.47. The number of aromatic amines is 2. The van der Waals surface area contributed by atoms with E-state index in [1.165, 1.54) is 12.1 Å². The number of H-pyrrole nitrogens is 2. The maximum atomic E-state index is 12.8. The van der Waals surface area contributed by atoms with Gasteiger partial charge in [-0.25, -0.2) is 9.97 Å². The minimum Gasteiger partial charge on any atom is -0.344 e. The summed E-state index contributed by atoms with van der Waals surface area (Å²) >= 11 is 0. The molecule has 10 heteroatoms. The third-order valence-electron chi connectivity index (χ3n) is 5.52. The van der Waals surface area contributed by atoms with Gasteiger partial charge in [-0.2, -0.15) is 23.4 Å². The number of hydrogen-bond donors (Lipinski definition) is 2. The van der Waals surface area contributed by atoms with E-state index >= 15 is 0 Å². The number of fused-ring (bicyclic) bond motifs is 1. The zero-order valence-electron chi connectivity index (χ0n) is 17.1. The molecule has 0 spiro atoms. The summed E-state index contributed by atoms with van der Waals surface area (Å²) in [7, 11) is 0. The molecule has 5 aromatic rings. The molecular formula is C22H18F3N7. The zero-order valence-corrected chi connectivity index (χ0v) is 17.1. The Morgan fingerprint density at radius 1 is 1.03 bits per heavy atom. The summed E-state index contributed by atoms with van der Waals surface area (Å²) in [6.45, 7) is 3.80. The first kappa shape index (κ1) is 20.0. The highest BCUT2D eigenvalue weighted by Gasteiger charge is 2.30. The number of alkyl halides is 3. The van der Waals surface area contributed by atoms with Crippen molar-refractivity contribution < 1.29 is 13.2 Å². The van der Waals surface area contributed by atoms with Crippen LogP contribution in [0.2, 0.25) is 0 Å². The van der Waals surface area contributed by atoms with Crippen molar-refractivity contribution in [1.82, 2.24) is 34.9 Å². The molecule has 0 saturated heterocycles. The van der Waals surface area contributed by atoms with Gasteiger partial charge >= 0.3 is 6.18 Å². The molecular weight excluding hydrogens is 419 g/mol. The molecule has 32 heavy (non-hydrogen) atoms. The molecule has 4 aromatic heterocycles. The lowest BCUT2D eigenvalue weighted by Gasteiger charge is -2.14. The fourth-order valence-electron chi connectivity index (χ4n) is 3.64. The van der Waals surface area contributed by atoms with Crippen LogP contribution in [0.4, 0.5) is 13.2 Å². The SMILES string of the molecule is Cc1[nH]ncc1-c1cnc2[nH]cc(-c3cnn(C(C)c4ccc(C(F)(F)F)cc4)c3)c2n1. The van der Waals surface area contributed by atoms with Gasteiger partial charge in [0.15, 0.2) is 5.65 Å². The molecule has 0 aliphatic rings. The van der Waals surface area contributed by atoms with E-state index in [9.17, 15) is 13.2 Å². The molecule has 0 amide bonds. The van der Waals surface area contributed by atoms with Crippen LogP contribution in [0.5, 0.6) is 0 Å². The highest BCUT2D eigenvalue weighted by atomic mass is 19.4. The van der Waals surface area contributed by atoms with Crippen LogP contribution >= 0.6 is 0 Å². The average molecular weight is 437 g/mol. The first-order valence-electron chi connectivity index (χ1n) is 9.87. The second-order valence-corrected chi connectivity index (χ2v) is 7.57. The molecule has 0 saturated carbocycles. The fraction of sp³-hybridized carbons (Fsp3) is 0.182. The van der Waals surface area contributed by atoms with Crippen molar-refractivity contribution in [3.63, 3.8) is 0 Å². The van der Waals surface area contributed by atoms with E-state index in [-0.39, 0.29) is 6.04 Å². The van der Waals surface area contributed by atoms with Crippen LogP contribution in [0.3, 0.4) is 0 Å². The molecule has 4 heterocycles. The topological polar surface area (TPSA) is 88.1 Å². The number of nitrogens with one attached hydrogen (secondary N) is 2. The van der Waals surface area contributed by atoms with Crippen LogP contribution in [0.25, 0.3) is 33.5 Å². The number of aromatic nitrogens is 7.